The summed E-state index contributed by atoms with van der Waals surface area (Å²) in [6.07, 6.45) is 0. The maximum atomic E-state index is 3.19. The van der Waals surface area contributed by atoms with Crippen LogP contribution in [0.15, 0.2) is 0 Å². The second kappa shape index (κ2) is 31.0. The molecular formula is C18H46N4S4. The molecule has 0 unspecified atom stereocenters. The second-order valence-corrected chi connectivity index (χ2v) is 10.5. The van der Waals surface area contributed by atoms with Gasteiger partial charge in [-0.05, 0) is 28.2 Å². The molecule has 0 aliphatic rings. The van der Waals surface area contributed by atoms with Gasteiger partial charge < -0.3 is 20.4 Å². The minimum Gasteiger partial charge on any atom is -0.319 e. The van der Waals surface area contributed by atoms with Crippen LogP contribution in [0.3, 0.4) is 0 Å². The van der Waals surface area contributed by atoms with Crippen molar-refractivity contribution in [2.24, 2.45) is 0 Å². The summed E-state index contributed by atoms with van der Waals surface area (Å²) in [6, 6.07) is 0. The standard InChI is InChI=1S/C14H34N4S4.2C2H6/c1-15-5-11-19-21-13-9-18(8-7-17(3)4)10-14-22-20-12-6-16-2;2*1-2/h15-16H,5-14H2,1-4H3;2*1-2H3. The minimum absolute atomic E-state index is 1.10. The third kappa shape index (κ3) is 30.0. The molecule has 0 amide bonds. The van der Waals surface area contributed by atoms with Crippen LogP contribution in [0.1, 0.15) is 27.7 Å². The van der Waals surface area contributed by atoms with E-state index in [0.29, 0.717) is 0 Å². The summed E-state index contributed by atoms with van der Waals surface area (Å²) in [6.45, 7) is 14.9. The van der Waals surface area contributed by atoms with Crippen molar-refractivity contribution in [3.63, 3.8) is 0 Å². The zero-order valence-corrected chi connectivity index (χ0v) is 21.9. The Morgan fingerprint density at radius 3 is 1.31 bits per heavy atom. The van der Waals surface area contributed by atoms with Gasteiger partial charge in [0.05, 0.1) is 0 Å². The van der Waals surface area contributed by atoms with E-state index in [4.69, 9.17) is 0 Å². The van der Waals surface area contributed by atoms with Crippen LogP contribution >= 0.6 is 43.2 Å². The molecule has 0 rings (SSSR count). The molecule has 0 aliphatic carbocycles. The van der Waals surface area contributed by atoms with Gasteiger partial charge in [-0.2, -0.15) is 0 Å². The Morgan fingerprint density at radius 2 is 0.962 bits per heavy atom. The summed E-state index contributed by atoms with van der Waals surface area (Å²) in [5, 5.41) is 6.38. The van der Waals surface area contributed by atoms with Gasteiger partial charge in [0, 0.05) is 62.3 Å². The normalized spacial score (nSPS) is 10.4. The van der Waals surface area contributed by atoms with Gasteiger partial charge in [-0.15, -0.1) is 0 Å². The van der Waals surface area contributed by atoms with E-state index in [0.717, 1.165) is 19.6 Å². The Morgan fingerprint density at radius 1 is 0.577 bits per heavy atom. The monoisotopic (exact) mass is 446 g/mol. The van der Waals surface area contributed by atoms with Crippen LogP contribution in [-0.2, 0) is 0 Å². The van der Waals surface area contributed by atoms with E-state index in [1.807, 2.05) is 85.0 Å². The fraction of sp³-hybridized carbons (Fsp3) is 1.00. The van der Waals surface area contributed by atoms with Gasteiger partial charge in [0.1, 0.15) is 0 Å². The van der Waals surface area contributed by atoms with Gasteiger partial charge in [0.25, 0.3) is 0 Å². The van der Waals surface area contributed by atoms with Crippen molar-refractivity contribution in [1.82, 2.24) is 20.4 Å². The maximum Gasteiger partial charge on any atom is 0.0165 e. The maximum absolute atomic E-state index is 3.19. The summed E-state index contributed by atoms with van der Waals surface area (Å²) >= 11 is 0. The third-order valence-electron chi connectivity index (χ3n) is 2.88. The van der Waals surface area contributed by atoms with Crippen LogP contribution in [0.25, 0.3) is 0 Å². The summed E-state index contributed by atoms with van der Waals surface area (Å²) in [5.74, 6) is 4.83. The van der Waals surface area contributed by atoms with Crippen molar-refractivity contribution in [3.05, 3.63) is 0 Å². The predicted octanol–water partition coefficient (Wildman–Crippen LogP) is 4.10. The number of nitrogens with one attached hydrogen (secondary N) is 2. The Bertz CT molecular complexity index is 209. The number of rotatable bonds is 17. The highest BCUT2D eigenvalue weighted by molar-refractivity contribution is 8.77. The molecule has 0 aromatic heterocycles. The number of likely N-dealkylation sites (N-methyl/N-ethyl adjacent to an activating group) is 1. The first-order chi connectivity index (χ1) is 12.7. The summed E-state index contributed by atoms with van der Waals surface area (Å²) in [5.41, 5.74) is 0. The summed E-state index contributed by atoms with van der Waals surface area (Å²) in [7, 11) is 16.3. The highest BCUT2D eigenvalue weighted by Crippen LogP contribution is 2.22. The fourth-order valence-corrected chi connectivity index (χ4v) is 5.61. The van der Waals surface area contributed by atoms with Crippen molar-refractivity contribution in [2.45, 2.75) is 27.7 Å². The molecule has 0 aliphatic heterocycles. The fourth-order valence-electron chi connectivity index (χ4n) is 1.53. The highest BCUT2D eigenvalue weighted by Gasteiger charge is 2.06. The van der Waals surface area contributed by atoms with Crippen molar-refractivity contribution < 1.29 is 0 Å². The molecule has 2 N–H and O–H groups in total. The SMILES string of the molecule is CC.CC.CNCCSSCCN(CCSSCCNC)CCN(C)C. The molecule has 0 atom stereocenters. The van der Waals surface area contributed by atoms with E-state index in [-0.39, 0.29) is 0 Å². The van der Waals surface area contributed by atoms with Crippen LogP contribution in [0.4, 0.5) is 0 Å². The summed E-state index contributed by atoms with van der Waals surface area (Å²) < 4.78 is 0. The highest BCUT2D eigenvalue weighted by atomic mass is 33.1. The lowest BCUT2D eigenvalue weighted by molar-refractivity contribution is 0.265. The van der Waals surface area contributed by atoms with Crippen LogP contribution < -0.4 is 10.6 Å². The van der Waals surface area contributed by atoms with Crippen LogP contribution in [-0.4, -0.2) is 100 Å². The largest absolute Gasteiger partial charge is 0.319 e. The molecule has 0 heterocycles. The molecule has 0 aromatic rings. The number of nitrogens with zero attached hydrogens (tertiary/aromatic N) is 2. The molecule has 8 heteroatoms. The zero-order valence-electron chi connectivity index (χ0n) is 18.6. The lowest BCUT2D eigenvalue weighted by Crippen LogP contribution is -2.34. The Kier molecular flexibility index (Phi) is 38.0. The Balaban J connectivity index is -0.00000123. The molecule has 4 nitrogen and oxygen atoms in total. The van der Waals surface area contributed by atoms with Crippen molar-refractivity contribution >= 4 is 43.2 Å². The third-order valence-corrected chi connectivity index (χ3v) is 7.66. The first-order valence-corrected chi connectivity index (χ1v) is 14.8. The summed E-state index contributed by atoms with van der Waals surface area (Å²) in [4.78, 5) is 4.88. The molecule has 0 fully saturated rings. The van der Waals surface area contributed by atoms with Gasteiger partial charge in [0.2, 0.25) is 0 Å². The first kappa shape index (κ1) is 31.9. The topological polar surface area (TPSA) is 30.5 Å². The van der Waals surface area contributed by atoms with Crippen LogP contribution in [0.2, 0.25) is 0 Å². The Hall–Kier alpha value is 1.24. The molecular weight excluding hydrogens is 400 g/mol. The second-order valence-electron chi connectivity index (χ2n) is 5.14. The Labute approximate surface area is 181 Å². The molecule has 0 bridgehead atoms. The number of hydrogen-bond donors (Lipinski definition) is 2. The van der Waals surface area contributed by atoms with Gasteiger partial charge >= 0.3 is 0 Å². The number of hydrogen-bond acceptors (Lipinski definition) is 8. The van der Waals surface area contributed by atoms with Crippen molar-refractivity contribution in [3.8, 4) is 0 Å². The molecule has 0 saturated carbocycles. The average molecular weight is 447 g/mol. The first-order valence-electron chi connectivity index (χ1n) is 9.85. The molecule has 0 radical (unpaired) electrons. The lowest BCUT2D eigenvalue weighted by atomic mass is 10.4. The van der Waals surface area contributed by atoms with E-state index < -0.39 is 0 Å². The molecule has 0 saturated heterocycles. The quantitative estimate of drug-likeness (QED) is 0.255. The van der Waals surface area contributed by atoms with Gasteiger partial charge in [-0.1, -0.05) is 70.9 Å². The van der Waals surface area contributed by atoms with E-state index in [1.54, 1.807) is 0 Å². The van der Waals surface area contributed by atoms with Gasteiger partial charge in [-0.25, -0.2) is 0 Å². The molecule has 162 valence electrons. The van der Waals surface area contributed by atoms with Crippen molar-refractivity contribution in [1.29, 1.82) is 0 Å². The van der Waals surface area contributed by atoms with E-state index in [9.17, 15) is 0 Å². The van der Waals surface area contributed by atoms with E-state index >= 15 is 0 Å². The lowest BCUT2D eigenvalue weighted by Gasteiger charge is -2.23. The molecule has 26 heavy (non-hydrogen) atoms. The van der Waals surface area contributed by atoms with E-state index in [1.165, 1.54) is 42.6 Å². The van der Waals surface area contributed by atoms with E-state index in [2.05, 4.69) is 34.5 Å². The van der Waals surface area contributed by atoms with Gasteiger partial charge in [0.15, 0.2) is 0 Å². The predicted molar refractivity (Wildman–Crippen MR) is 135 cm³/mol. The van der Waals surface area contributed by atoms with Crippen LogP contribution in [0, 0.1) is 0 Å². The smallest absolute Gasteiger partial charge is 0.0165 e. The van der Waals surface area contributed by atoms with Crippen molar-refractivity contribution in [2.75, 3.05) is 90.5 Å². The molecule has 0 aromatic carbocycles. The van der Waals surface area contributed by atoms with Gasteiger partial charge in [-0.3, -0.25) is 0 Å². The molecule has 0 spiro atoms. The minimum atomic E-state index is 1.10. The van der Waals surface area contributed by atoms with Crippen LogP contribution in [0.5, 0.6) is 0 Å². The zero-order chi connectivity index (χ0) is 20.5. The average Bonchev–Trinajstić information content (AvgIpc) is 2.67.